The van der Waals surface area contributed by atoms with E-state index >= 15 is 0 Å². The molecule has 5 heteroatoms. The summed E-state index contributed by atoms with van der Waals surface area (Å²) in [5.74, 6) is 1.57. The lowest BCUT2D eigenvalue weighted by Gasteiger charge is -2.37. The minimum Gasteiger partial charge on any atom is -0.378 e. The molecule has 0 heterocycles. The van der Waals surface area contributed by atoms with Crippen LogP contribution in [0, 0.1) is 11.8 Å². The molecule has 0 N–H and O–H groups in total. The SMILES string of the molecule is CCCOC1CCC(C2CCC(OS(C)(=O)=O)CC2)CC1. The van der Waals surface area contributed by atoms with Gasteiger partial charge in [-0.3, -0.25) is 4.18 Å². The molecule has 4 nitrogen and oxygen atoms in total. The maximum absolute atomic E-state index is 11.2. The van der Waals surface area contributed by atoms with E-state index in [4.69, 9.17) is 8.92 Å². The van der Waals surface area contributed by atoms with Crippen LogP contribution in [-0.4, -0.2) is 33.5 Å². The van der Waals surface area contributed by atoms with Gasteiger partial charge in [-0.25, -0.2) is 0 Å². The Balaban J connectivity index is 1.69. The number of hydrogen-bond donors (Lipinski definition) is 0. The monoisotopic (exact) mass is 318 g/mol. The van der Waals surface area contributed by atoms with Gasteiger partial charge in [-0.1, -0.05) is 6.92 Å². The molecule has 0 amide bonds. The van der Waals surface area contributed by atoms with Crippen molar-refractivity contribution in [3.05, 3.63) is 0 Å². The summed E-state index contributed by atoms with van der Waals surface area (Å²) in [7, 11) is -3.30. The average molecular weight is 318 g/mol. The van der Waals surface area contributed by atoms with Crippen LogP contribution < -0.4 is 0 Å². The van der Waals surface area contributed by atoms with E-state index in [1.807, 2.05) is 0 Å². The summed E-state index contributed by atoms with van der Waals surface area (Å²) in [4.78, 5) is 0. The third kappa shape index (κ3) is 5.87. The highest BCUT2D eigenvalue weighted by molar-refractivity contribution is 7.86. The summed E-state index contributed by atoms with van der Waals surface area (Å²) < 4.78 is 33.3. The zero-order valence-electron chi connectivity index (χ0n) is 13.4. The molecular formula is C16H30O4S. The third-order valence-corrected chi connectivity index (χ3v) is 5.59. The van der Waals surface area contributed by atoms with Gasteiger partial charge in [0, 0.05) is 6.61 Å². The van der Waals surface area contributed by atoms with Crippen molar-refractivity contribution in [2.24, 2.45) is 11.8 Å². The van der Waals surface area contributed by atoms with Crippen molar-refractivity contribution in [1.29, 1.82) is 0 Å². The van der Waals surface area contributed by atoms with Gasteiger partial charge in [0.15, 0.2) is 0 Å². The molecule has 0 unspecified atom stereocenters. The van der Waals surface area contributed by atoms with E-state index in [0.29, 0.717) is 6.10 Å². The van der Waals surface area contributed by atoms with E-state index in [0.717, 1.165) is 56.8 Å². The molecular weight excluding hydrogens is 288 g/mol. The minimum absolute atomic E-state index is 0.0829. The molecule has 0 aromatic carbocycles. The molecule has 2 aliphatic carbocycles. The first-order chi connectivity index (χ1) is 9.98. The van der Waals surface area contributed by atoms with E-state index in [1.165, 1.54) is 25.7 Å². The predicted octanol–water partition coefficient (Wildman–Crippen LogP) is 3.51. The summed E-state index contributed by atoms with van der Waals surface area (Å²) in [5, 5.41) is 0. The van der Waals surface area contributed by atoms with Crippen LogP contribution in [0.2, 0.25) is 0 Å². The Morgan fingerprint density at radius 2 is 1.33 bits per heavy atom. The van der Waals surface area contributed by atoms with Crippen LogP contribution in [0.1, 0.15) is 64.7 Å². The van der Waals surface area contributed by atoms with Crippen LogP contribution >= 0.6 is 0 Å². The largest absolute Gasteiger partial charge is 0.378 e. The molecule has 124 valence electrons. The molecule has 0 radical (unpaired) electrons. The standard InChI is InChI=1S/C16H30O4S/c1-3-12-19-15-8-4-13(5-9-15)14-6-10-16(11-7-14)20-21(2,17)18/h13-16H,3-12H2,1-2H3. The molecule has 0 bridgehead atoms. The van der Waals surface area contributed by atoms with Gasteiger partial charge in [0.1, 0.15) is 0 Å². The first-order valence-electron chi connectivity index (χ1n) is 8.47. The lowest BCUT2D eigenvalue weighted by molar-refractivity contribution is 0.00511. The van der Waals surface area contributed by atoms with Crippen LogP contribution in [-0.2, 0) is 19.0 Å². The summed E-state index contributed by atoms with van der Waals surface area (Å²) in [6.07, 6.45) is 11.6. The van der Waals surface area contributed by atoms with E-state index in [1.54, 1.807) is 0 Å². The van der Waals surface area contributed by atoms with Gasteiger partial charge in [-0.2, -0.15) is 8.42 Å². The number of rotatable bonds is 6. The average Bonchev–Trinajstić information content (AvgIpc) is 2.45. The second-order valence-corrected chi connectivity index (χ2v) is 8.35. The van der Waals surface area contributed by atoms with Gasteiger partial charge >= 0.3 is 0 Å². The molecule has 0 aliphatic heterocycles. The van der Waals surface area contributed by atoms with Gasteiger partial charge in [0.25, 0.3) is 10.1 Å². The van der Waals surface area contributed by atoms with Crippen molar-refractivity contribution in [3.63, 3.8) is 0 Å². The Kier molecular flexibility index (Phi) is 6.51. The Hall–Kier alpha value is -0.130. The zero-order valence-corrected chi connectivity index (χ0v) is 14.2. The maximum Gasteiger partial charge on any atom is 0.264 e. The highest BCUT2D eigenvalue weighted by Crippen LogP contribution is 2.39. The topological polar surface area (TPSA) is 52.6 Å². The minimum atomic E-state index is -3.30. The molecule has 0 saturated heterocycles. The van der Waals surface area contributed by atoms with Crippen molar-refractivity contribution in [3.8, 4) is 0 Å². The normalized spacial score (nSPS) is 34.8. The van der Waals surface area contributed by atoms with Crippen molar-refractivity contribution in [2.75, 3.05) is 12.9 Å². The first kappa shape index (κ1) is 17.2. The molecule has 2 aliphatic rings. The van der Waals surface area contributed by atoms with Crippen LogP contribution in [0.15, 0.2) is 0 Å². The summed E-state index contributed by atoms with van der Waals surface area (Å²) in [6, 6.07) is 0. The predicted molar refractivity (Wildman–Crippen MR) is 83.7 cm³/mol. The van der Waals surface area contributed by atoms with Crippen molar-refractivity contribution in [1.82, 2.24) is 0 Å². The van der Waals surface area contributed by atoms with Gasteiger partial charge in [0.05, 0.1) is 18.5 Å². The van der Waals surface area contributed by atoms with Gasteiger partial charge in [-0.15, -0.1) is 0 Å². The van der Waals surface area contributed by atoms with Crippen LogP contribution in [0.4, 0.5) is 0 Å². The molecule has 2 saturated carbocycles. The Labute approximate surface area is 129 Å². The fourth-order valence-corrected chi connectivity index (χ4v) is 4.60. The molecule has 0 aromatic rings. The van der Waals surface area contributed by atoms with E-state index in [9.17, 15) is 8.42 Å². The van der Waals surface area contributed by atoms with Crippen molar-refractivity contribution in [2.45, 2.75) is 76.9 Å². The smallest absolute Gasteiger partial charge is 0.264 e. The molecule has 0 atom stereocenters. The Morgan fingerprint density at radius 1 is 0.857 bits per heavy atom. The van der Waals surface area contributed by atoms with E-state index in [2.05, 4.69) is 6.92 Å². The third-order valence-electron chi connectivity index (χ3n) is 4.97. The van der Waals surface area contributed by atoms with E-state index in [-0.39, 0.29) is 6.10 Å². The van der Waals surface area contributed by atoms with Crippen molar-refractivity contribution >= 4 is 10.1 Å². The highest BCUT2D eigenvalue weighted by Gasteiger charge is 2.32. The highest BCUT2D eigenvalue weighted by atomic mass is 32.2. The fraction of sp³-hybridized carbons (Fsp3) is 1.00. The van der Waals surface area contributed by atoms with E-state index < -0.39 is 10.1 Å². The second-order valence-electron chi connectivity index (χ2n) is 6.74. The lowest BCUT2D eigenvalue weighted by Crippen LogP contribution is -2.31. The maximum atomic E-state index is 11.2. The van der Waals surface area contributed by atoms with Crippen LogP contribution in [0.3, 0.4) is 0 Å². The fourth-order valence-electron chi connectivity index (χ4n) is 3.91. The summed E-state index contributed by atoms with van der Waals surface area (Å²) in [5.41, 5.74) is 0. The van der Waals surface area contributed by atoms with Crippen LogP contribution in [0.5, 0.6) is 0 Å². The van der Waals surface area contributed by atoms with Crippen LogP contribution in [0.25, 0.3) is 0 Å². The molecule has 0 aromatic heterocycles. The molecule has 2 rings (SSSR count). The number of ether oxygens (including phenoxy) is 1. The summed E-state index contributed by atoms with van der Waals surface area (Å²) in [6.45, 7) is 3.05. The molecule has 0 spiro atoms. The zero-order chi connectivity index (χ0) is 15.3. The molecule has 21 heavy (non-hydrogen) atoms. The Morgan fingerprint density at radius 3 is 1.76 bits per heavy atom. The Bertz CT molecular complexity index is 391. The van der Waals surface area contributed by atoms with Gasteiger partial charge in [0.2, 0.25) is 0 Å². The second kappa shape index (κ2) is 7.93. The molecule has 2 fully saturated rings. The van der Waals surface area contributed by atoms with Crippen molar-refractivity contribution < 1.29 is 17.3 Å². The van der Waals surface area contributed by atoms with Gasteiger partial charge < -0.3 is 4.74 Å². The quantitative estimate of drug-likeness (QED) is 0.703. The lowest BCUT2D eigenvalue weighted by atomic mass is 9.72. The van der Waals surface area contributed by atoms with Gasteiger partial charge in [-0.05, 0) is 69.6 Å². The first-order valence-corrected chi connectivity index (χ1v) is 10.3. The number of hydrogen-bond acceptors (Lipinski definition) is 4. The summed E-state index contributed by atoms with van der Waals surface area (Å²) >= 11 is 0.